The fourth-order valence-electron chi connectivity index (χ4n) is 1.67. The highest BCUT2D eigenvalue weighted by molar-refractivity contribution is 5.91. The van der Waals surface area contributed by atoms with Crippen LogP contribution < -0.4 is 15.6 Å². The summed E-state index contributed by atoms with van der Waals surface area (Å²) in [4.78, 5) is 26.7. The molecule has 0 amide bonds. The smallest absolute Gasteiger partial charge is 0.339 e. The molecule has 2 rings (SSSR count). The van der Waals surface area contributed by atoms with Gasteiger partial charge in [0.15, 0.2) is 5.82 Å². The predicted molar refractivity (Wildman–Crippen MR) is 72.7 cm³/mol. The lowest BCUT2D eigenvalue weighted by Gasteiger charge is -2.09. The molecule has 20 heavy (non-hydrogen) atoms. The highest BCUT2D eigenvalue weighted by Gasteiger charge is 2.12. The third kappa shape index (κ3) is 2.61. The summed E-state index contributed by atoms with van der Waals surface area (Å²) < 4.78 is 6.40. The Bertz CT molecular complexity index is 709. The number of ether oxygens (including phenoxy) is 1. The van der Waals surface area contributed by atoms with Crippen LogP contribution in [0.2, 0.25) is 0 Å². The van der Waals surface area contributed by atoms with Crippen LogP contribution in [0.25, 0.3) is 0 Å². The predicted octanol–water partition coefficient (Wildman–Crippen LogP) is 1.23. The lowest BCUT2D eigenvalue weighted by Crippen LogP contribution is -2.20. The number of aromatic carboxylic acids is 1. The third-order valence-corrected chi connectivity index (χ3v) is 2.71. The van der Waals surface area contributed by atoms with Gasteiger partial charge in [-0.2, -0.15) is 0 Å². The number of carboxylic acids is 1. The van der Waals surface area contributed by atoms with Crippen molar-refractivity contribution in [3.05, 3.63) is 46.5 Å². The Balaban J connectivity index is 2.37. The molecular formula is C13H13N3O4. The molecule has 0 radical (unpaired) electrons. The van der Waals surface area contributed by atoms with E-state index in [1.807, 2.05) is 0 Å². The van der Waals surface area contributed by atoms with Crippen LogP contribution >= 0.6 is 0 Å². The molecule has 0 aliphatic rings. The zero-order valence-electron chi connectivity index (χ0n) is 11.0. The number of anilines is 2. The van der Waals surface area contributed by atoms with Gasteiger partial charge in [0.1, 0.15) is 11.3 Å². The quantitative estimate of drug-likeness (QED) is 0.871. The molecule has 7 nitrogen and oxygen atoms in total. The molecule has 0 saturated carbocycles. The largest absolute Gasteiger partial charge is 0.496 e. The van der Waals surface area contributed by atoms with E-state index in [2.05, 4.69) is 10.3 Å². The molecular weight excluding hydrogens is 262 g/mol. The Morgan fingerprint density at radius 2 is 2.20 bits per heavy atom. The van der Waals surface area contributed by atoms with E-state index in [9.17, 15) is 9.59 Å². The molecule has 0 fully saturated rings. The molecule has 1 heterocycles. The maximum Gasteiger partial charge on any atom is 0.339 e. The highest BCUT2D eigenvalue weighted by Crippen LogP contribution is 2.24. The molecule has 0 aliphatic carbocycles. The Labute approximate surface area is 114 Å². The van der Waals surface area contributed by atoms with Gasteiger partial charge in [-0.05, 0) is 12.1 Å². The van der Waals surface area contributed by atoms with Gasteiger partial charge in [-0.1, -0.05) is 0 Å². The summed E-state index contributed by atoms with van der Waals surface area (Å²) in [5.74, 6) is -0.725. The molecule has 0 atom stereocenters. The van der Waals surface area contributed by atoms with Gasteiger partial charge in [-0.25, -0.2) is 9.78 Å². The Hall–Kier alpha value is -2.83. The summed E-state index contributed by atoms with van der Waals surface area (Å²) in [6.45, 7) is 0. The van der Waals surface area contributed by atoms with Crippen LogP contribution in [-0.2, 0) is 7.05 Å². The molecule has 0 saturated heterocycles. The van der Waals surface area contributed by atoms with Gasteiger partial charge in [0.25, 0.3) is 5.56 Å². The fraction of sp³-hybridized carbons (Fsp3) is 0.154. The van der Waals surface area contributed by atoms with Crippen molar-refractivity contribution < 1.29 is 14.6 Å². The summed E-state index contributed by atoms with van der Waals surface area (Å²) in [5, 5.41) is 11.8. The van der Waals surface area contributed by atoms with Crippen LogP contribution in [-0.4, -0.2) is 27.7 Å². The van der Waals surface area contributed by atoms with E-state index in [0.717, 1.165) is 0 Å². The second kappa shape index (κ2) is 5.43. The Morgan fingerprint density at radius 3 is 2.85 bits per heavy atom. The maximum absolute atomic E-state index is 11.8. The van der Waals surface area contributed by atoms with E-state index in [-0.39, 0.29) is 22.7 Å². The van der Waals surface area contributed by atoms with Gasteiger partial charge in [-0.3, -0.25) is 4.79 Å². The lowest BCUT2D eigenvalue weighted by atomic mass is 10.2. The molecule has 1 aromatic carbocycles. The first-order chi connectivity index (χ1) is 9.52. The van der Waals surface area contributed by atoms with Gasteiger partial charge in [-0.15, -0.1) is 0 Å². The number of aryl methyl sites for hydroxylation is 1. The number of aromatic nitrogens is 2. The SMILES string of the molecule is COc1cc(Nc2nccn(C)c2=O)ccc1C(=O)O. The Kier molecular flexibility index (Phi) is 3.69. The molecule has 7 heteroatoms. The molecule has 0 spiro atoms. The topological polar surface area (TPSA) is 93.5 Å². The van der Waals surface area contributed by atoms with Gasteiger partial charge >= 0.3 is 5.97 Å². The fourth-order valence-corrected chi connectivity index (χ4v) is 1.67. The van der Waals surface area contributed by atoms with Crippen molar-refractivity contribution in [2.45, 2.75) is 0 Å². The van der Waals surface area contributed by atoms with Crippen molar-refractivity contribution >= 4 is 17.5 Å². The second-order valence-electron chi connectivity index (χ2n) is 4.04. The van der Waals surface area contributed by atoms with Crippen molar-refractivity contribution in [2.24, 2.45) is 7.05 Å². The summed E-state index contributed by atoms with van der Waals surface area (Å²) in [6.07, 6.45) is 3.04. The van der Waals surface area contributed by atoms with Gasteiger partial charge < -0.3 is 19.7 Å². The standard InChI is InChI=1S/C13H13N3O4/c1-16-6-5-14-11(12(16)17)15-8-3-4-9(13(18)19)10(7-8)20-2/h3-7H,1-2H3,(H,14,15)(H,18,19). The zero-order valence-corrected chi connectivity index (χ0v) is 11.0. The van der Waals surface area contributed by atoms with Crippen LogP contribution in [0, 0.1) is 0 Å². The third-order valence-electron chi connectivity index (χ3n) is 2.71. The van der Waals surface area contributed by atoms with Crippen LogP contribution in [0.15, 0.2) is 35.4 Å². The van der Waals surface area contributed by atoms with Crippen molar-refractivity contribution in [3.63, 3.8) is 0 Å². The molecule has 0 aliphatic heterocycles. The number of rotatable bonds is 4. The lowest BCUT2D eigenvalue weighted by molar-refractivity contribution is 0.0693. The van der Waals surface area contributed by atoms with E-state index in [0.29, 0.717) is 5.69 Å². The van der Waals surface area contributed by atoms with E-state index in [1.54, 1.807) is 19.3 Å². The highest BCUT2D eigenvalue weighted by atomic mass is 16.5. The van der Waals surface area contributed by atoms with Crippen LogP contribution in [0.5, 0.6) is 5.75 Å². The van der Waals surface area contributed by atoms with Gasteiger partial charge in [0.05, 0.1) is 7.11 Å². The van der Waals surface area contributed by atoms with E-state index >= 15 is 0 Å². The summed E-state index contributed by atoms with van der Waals surface area (Å²) >= 11 is 0. The van der Waals surface area contributed by atoms with Crippen molar-refractivity contribution in [3.8, 4) is 5.75 Å². The van der Waals surface area contributed by atoms with E-state index in [1.165, 1.54) is 30.0 Å². The maximum atomic E-state index is 11.8. The molecule has 2 N–H and O–H groups in total. The molecule has 1 aromatic heterocycles. The number of carboxylic acid groups (broad SMARTS) is 1. The normalized spacial score (nSPS) is 10.1. The first kappa shape index (κ1) is 13.6. The number of carbonyl (C=O) groups is 1. The first-order valence-electron chi connectivity index (χ1n) is 5.73. The number of hydrogen-bond acceptors (Lipinski definition) is 5. The number of nitrogens with one attached hydrogen (secondary N) is 1. The number of hydrogen-bond donors (Lipinski definition) is 2. The number of nitrogens with zero attached hydrogens (tertiary/aromatic N) is 2. The summed E-state index contributed by atoms with van der Waals surface area (Å²) in [6, 6.07) is 4.44. The Morgan fingerprint density at radius 1 is 1.45 bits per heavy atom. The molecule has 0 bridgehead atoms. The van der Waals surface area contributed by atoms with E-state index in [4.69, 9.17) is 9.84 Å². The summed E-state index contributed by atoms with van der Waals surface area (Å²) in [7, 11) is 2.99. The minimum Gasteiger partial charge on any atom is -0.496 e. The number of methoxy groups -OCH3 is 1. The average Bonchev–Trinajstić information content (AvgIpc) is 2.43. The molecule has 2 aromatic rings. The van der Waals surface area contributed by atoms with Crippen LogP contribution in [0.3, 0.4) is 0 Å². The molecule has 0 unspecified atom stereocenters. The monoisotopic (exact) mass is 275 g/mol. The zero-order chi connectivity index (χ0) is 14.7. The number of benzene rings is 1. The van der Waals surface area contributed by atoms with Crippen LogP contribution in [0.4, 0.5) is 11.5 Å². The van der Waals surface area contributed by atoms with E-state index < -0.39 is 5.97 Å². The van der Waals surface area contributed by atoms with Crippen LogP contribution in [0.1, 0.15) is 10.4 Å². The second-order valence-corrected chi connectivity index (χ2v) is 4.04. The first-order valence-corrected chi connectivity index (χ1v) is 5.73. The van der Waals surface area contributed by atoms with Gasteiger partial charge in [0, 0.05) is 31.2 Å². The summed E-state index contributed by atoms with van der Waals surface area (Å²) in [5.41, 5.74) is 0.281. The minimum atomic E-state index is -1.08. The van der Waals surface area contributed by atoms with Crippen molar-refractivity contribution in [1.82, 2.24) is 9.55 Å². The van der Waals surface area contributed by atoms with Crippen molar-refractivity contribution in [2.75, 3.05) is 12.4 Å². The van der Waals surface area contributed by atoms with Gasteiger partial charge in [0.2, 0.25) is 0 Å². The van der Waals surface area contributed by atoms with Crippen molar-refractivity contribution in [1.29, 1.82) is 0 Å². The molecule has 104 valence electrons. The minimum absolute atomic E-state index is 0.0481. The average molecular weight is 275 g/mol.